The summed E-state index contributed by atoms with van der Waals surface area (Å²) in [5.74, 6) is 0. The lowest BCUT2D eigenvalue weighted by atomic mass is 10.3. The van der Waals surface area contributed by atoms with Crippen LogP contribution in [0.5, 0.6) is 0 Å². The Morgan fingerprint density at radius 1 is 1.61 bits per heavy atom. The molecule has 5 nitrogen and oxygen atoms in total. The molecule has 0 aliphatic heterocycles. The van der Waals surface area contributed by atoms with Crippen molar-refractivity contribution >= 4 is 19.7 Å². The third-order valence-electron chi connectivity index (χ3n) is 2.46. The van der Waals surface area contributed by atoms with Gasteiger partial charge in [-0.25, -0.2) is 12.8 Å². The number of hydrogen-bond donors (Lipinski definition) is 0. The van der Waals surface area contributed by atoms with Gasteiger partial charge in [-0.1, -0.05) is 6.92 Å². The highest BCUT2D eigenvalue weighted by atomic mass is 35.7. The largest absolute Gasteiger partial charge is 0.372 e. The molecule has 0 aliphatic carbocycles. The summed E-state index contributed by atoms with van der Waals surface area (Å²) in [6, 6.07) is 0. The molecule has 0 spiro atoms. The topological polar surface area (TPSA) is 61.2 Å². The molecule has 0 fully saturated rings. The van der Waals surface area contributed by atoms with Crippen molar-refractivity contribution in [1.82, 2.24) is 9.78 Å². The lowest BCUT2D eigenvalue weighted by molar-refractivity contribution is 0.0473. The number of halogens is 2. The summed E-state index contributed by atoms with van der Waals surface area (Å²) in [5.41, 5.74) is 0.207. The fraction of sp³-hybridized carbons (Fsp3) is 0.700. The number of rotatable bonds is 7. The molecular formula is C10H16ClFN2O3S. The second-order valence-corrected chi connectivity index (χ2v) is 6.39. The average Bonchev–Trinajstić information content (AvgIpc) is 2.69. The molecule has 0 radical (unpaired) electrons. The first kappa shape index (κ1) is 15.4. The lowest BCUT2D eigenvalue weighted by Gasteiger charge is -2.09. The summed E-state index contributed by atoms with van der Waals surface area (Å²) < 4.78 is 41.5. The number of hydrogen-bond acceptors (Lipinski definition) is 4. The van der Waals surface area contributed by atoms with E-state index in [1.165, 1.54) is 10.9 Å². The molecule has 1 rings (SSSR count). The highest BCUT2D eigenvalue weighted by Gasteiger charge is 2.20. The van der Waals surface area contributed by atoms with Crippen LogP contribution in [0.15, 0.2) is 11.1 Å². The van der Waals surface area contributed by atoms with Crippen molar-refractivity contribution in [2.24, 2.45) is 0 Å². The van der Waals surface area contributed by atoms with Crippen molar-refractivity contribution in [3.05, 3.63) is 11.9 Å². The molecule has 1 atom stereocenters. The summed E-state index contributed by atoms with van der Waals surface area (Å²) in [6.45, 7) is 3.21. The normalized spacial score (nSPS) is 13.8. The van der Waals surface area contributed by atoms with Crippen molar-refractivity contribution in [3.63, 3.8) is 0 Å². The van der Waals surface area contributed by atoms with Crippen molar-refractivity contribution in [2.45, 2.75) is 44.4 Å². The molecular weight excluding hydrogens is 283 g/mol. The van der Waals surface area contributed by atoms with E-state index in [0.717, 1.165) is 6.42 Å². The minimum Gasteiger partial charge on any atom is -0.372 e. The molecule has 0 unspecified atom stereocenters. The predicted molar refractivity (Wildman–Crippen MR) is 65.8 cm³/mol. The molecule has 8 heteroatoms. The highest BCUT2D eigenvalue weighted by molar-refractivity contribution is 8.13. The van der Waals surface area contributed by atoms with Crippen LogP contribution in [0, 0.1) is 0 Å². The highest BCUT2D eigenvalue weighted by Crippen LogP contribution is 2.20. The fourth-order valence-corrected chi connectivity index (χ4v) is 2.30. The van der Waals surface area contributed by atoms with Gasteiger partial charge in [-0.05, 0) is 13.3 Å². The second-order valence-electron chi connectivity index (χ2n) is 3.86. The monoisotopic (exact) mass is 298 g/mol. The Hall–Kier alpha value is -0.660. The number of aromatic nitrogens is 2. The Balaban J connectivity index is 2.93. The molecule has 0 amide bonds. The Morgan fingerprint density at radius 3 is 2.78 bits per heavy atom. The zero-order valence-electron chi connectivity index (χ0n) is 10.3. The van der Waals surface area contributed by atoms with Gasteiger partial charge in [-0.2, -0.15) is 5.10 Å². The smallest absolute Gasteiger partial charge is 0.264 e. The number of ether oxygens (including phenoxy) is 1. The van der Waals surface area contributed by atoms with Crippen LogP contribution in [0.3, 0.4) is 0 Å². The molecule has 0 aliphatic rings. The van der Waals surface area contributed by atoms with Crippen LogP contribution in [-0.4, -0.2) is 31.0 Å². The van der Waals surface area contributed by atoms with Gasteiger partial charge in [0, 0.05) is 16.9 Å². The van der Waals surface area contributed by atoms with E-state index in [4.69, 9.17) is 15.4 Å². The standard InChI is InChI=1S/C10H16ClFN2O3S/c1-3-8(2)17-7-9-10(18(11,15)16)6-14(13-9)5-4-12/h6,8H,3-5,7H2,1-2H3/t8-/m1/s1. The summed E-state index contributed by atoms with van der Waals surface area (Å²) in [5, 5.41) is 3.96. The van der Waals surface area contributed by atoms with Crippen molar-refractivity contribution < 1.29 is 17.5 Å². The third kappa shape index (κ3) is 4.22. The first-order valence-electron chi connectivity index (χ1n) is 5.57. The van der Waals surface area contributed by atoms with E-state index >= 15 is 0 Å². The predicted octanol–water partition coefficient (Wildman–Crippen LogP) is 2.10. The van der Waals surface area contributed by atoms with Gasteiger partial charge in [0.05, 0.1) is 19.3 Å². The van der Waals surface area contributed by atoms with Gasteiger partial charge in [-0.15, -0.1) is 0 Å². The van der Waals surface area contributed by atoms with E-state index in [1.54, 1.807) is 0 Å². The van der Waals surface area contributed by atoms with Gasteiger partial charge >= 0.3 is 0 Å². The zero-order chi connectivity index (χ0) is 13.8. The van der Waals surface area contributed by atoms with E-state index in [9.17, 15) is 12.8 Å². The van der Waals surface area contributed by atoms with Crippen LogP contribution < -0.4 is 0 Å². The number of aryl methyl sites for hydroxylation is 1. The Labute approximate surface area is 110 Å². The van der Waals surface area contributed by atoms with E-state index in [2.05, 4.69) is 5.10 Å². The van der Waals surface area contributed by atoms with Crippen molar-refractivity contribution in [3.8, 4) is 0 Å². The van der Waals surface area contributed by atoms with Crippen LogP contribution >= 0.6 is 10.7 Å². The minimum absolute atomic E-state index is 0.0112. The quantitative estimate of drug-likeness (QED) is 0.723. The SMILES string of the molecule is CC[C@@H](C)OCc1nn(CCF)cc1S(=O)(=O)Cl. The van der Waals surface area contributed by atoms with Crippen LogP contribution in [0.1, 0.15) is 26.0 Å². The number of nitrogens with zero attached hydrogens (tertiary/aromatic N) is 2. The molecule has 0 aromatic carbocycles. The molecule has 0 N–H and O–H groups in total. The van der Waals surface area contributed by atoms with Gasteiger partial charge in [0.2, 0.25) is 0 Å². The van der Waals surface area contributed by atoms with Crippen LogP contribution in [0.2, 0.25) is 0 Å². The van der Waals surface area contributed by atoms with Crippen LogP contribution in [0.25, 0.3) is 0 Å². The molecule has 0 bridgehead atoms. The minimum atomic E-state index is -3.90. The summed E-state index contributed by atoms with van der Waals surface area (Å²) >= 11 is 0. The van der Waals surface area contributed by atoms with Crippen molar-refractivity contribution in [1.29, 1.82) is 0 Å². The average molecular weight is 299 g/mol. The molecule has 1 heterocycles. The van der Waals surface area contributed by atoms with Crippen LogP contribution in [0.4, 0.5) is 4.39 Å². The maximum absolute atomic E-state index is 12.2. The second kappa shape index (κ2) is 6.49. The molecule has 1 aromatic rings. The zero-order valence-corrected chi connectivity index (χ0v) is 11.8. The maximum atomic E-state index is 12.2. The molecule has 18 heavy (non-hydrogen) atoms. The summed E-state index contributed by atoms with van der Waals surface area (Å²) in [4.78, 5) is -0.124. The summed E-state index contributed by atoms with van der Waals surface area (Å²) in [6.07, 6.45) is 2.01. The maximum Gasteiger partial charge on any atom is 0.264 e. The van der Waals surface area contributed by atoms with E-state index < -0.39 is 15.7 Å². The Bertz CT molecular complexity index is 489. The van der Waals surface area contributed by atoms with Gasteiger partial charge < -0.3 is 4.74 Å². The van der Waals surface area contributed by atoms with Gasteiger partial charge in [-0.3, -0.25) is 4.68 Å². The van der Waals surface area contributed by atoms with E-state index in [1.807, 2.05) is 13.8 Å². The van der Waals surface area contributed by atoms with Gasteiger partial charge in [0.1, 0.15) is 17.3 Å². The summed E-state index contributed by atoms with van der Waals surface area (Å²) in [7, 11) is 1.40. The fourth-order valence-electron chi connectivity index (χ4n) is 1.29. The lowest BCUT2D eigenvalue weighted by Crippen LogP contribution is -2.08. The molecule has 0 saturated heterocycles. The number of alkyl halides is 1. The van der Waals surface area contributed by atoms with Crippen molar-refractivity contribution in [2.75, 3.05) is 6.67 Å². The Morgan fingerprint density at radius 2 is 2.28 bits per heavy atom. The molecule has 104 valence electrons. The third-order valence-corrected chi connectivity index (χ3v) is 3.82. The molecule has 0 saturated carbocycles. The van der Waals surface area contributed by atoms with Crippen LogP contribution in [-0.2, 0) is 26.9 Å². The first-order chi connectivity index (χ1) is 8.38. The molecule has 1 aromatic heterocycles. The first-order valence-corrected chi connectivity index (χ1v) is 7.88. The van der Waals surface area contributed by atoms with E-state index in [-0.39, 0.29) is 29.8 Å². The Kier molecular flexibility index (Phi) is 5.55. The van der Waals surface area contributed by atoms with Gasteiger partial charge in [0.25, 0.3) is 9.05 Å². The van der Waals surface area contributed by atoms with E-state index in [0.29, 0.717) is 0 Å². The van der Waals surface area contributed by atoms with Gasteiger partial charge in [0.15, 0.2) is 0 Å².